The Kier molecular flexibility index (Phi) is 3.75. The van der Waals surface area contributed by atoms with Gasteiger partial charge in [0.25, 0.3) is 5.88 Å². The lowest BCUT2D eigenvalue weighted by Gasteiger charge is -2.04. The molecule has 1 heterocycles. The van der Waals surface area contributed by atoms with Gasteiger partial charge in [0.2, 0.25) is 5.82 Å². The molecule has 8 heteroatoms. The summed E-state index contributed by atoms with van der Waals surface area (Å²) in [6.07, 6.45) is 1.10. The van der Waals surface area contributed by atoms with Gasteiger partial charge in [-0.1, -0.05) is 0 Å². The van der Waals surface area contributed by atoms with Crippen molar-refractivity contribution in [2.24, 2.45) is 0 Å². The Labute approximate surface area is 85.2 Å². The molecule has 0 saturated carbocycles. The molecule has 0 aromatic carbocycles. The van der Waals surface area contributed by atoms with E-state index in [0.29, 0.717) is 6.61 Å². The lowest BCUT2D eigenvalue weighted by molar-refractivity contribution is -0.385. The van der Waals surface area contributed by atoms with Gasteiger partial charge in [-0.15, -0.1) is 0 Å². The number of ether oxygens (including phenoxy) is 2. The largest absolute Gasteiger partial charge is 0.470 e. The third-order valence-corrected chi connectivity index (χ3v) is 1.53. The molecule has 0 spiro atoms. The Bertz CT molecular complexity index is 357. The Hall–Kier alpha value is -1.96. The van der Waals surface area contributed by atoms with Crippen LogP contribution in [-0.2, 0) is 4.74 Å². The molecule has 2 N–H and O–H groups in total. The number of aromatic nitrogens is 2. The number of nitrogen functional groups attached to an aromatic ring is 1. The fraction of sp³-hybridized carbons (Fsp3) is 0.429. The van der Waals surface area contributed by atoms with Crippen molar-refractivity contribution in [2.75, 3.05) is 26.1 Å². The molecule has 0 saturated heterocycles. The van der Waals surface area contributed by atoms with Crippen LogP contribution < -0.4 is 10.5 Å². The van der Waals surface area contributed by atoms with Crippen molar-refractivity contribution >= 4 is 11.5 Å². The average Bonchev–Trinajstić information content (AvgIpc) is 2.17. The number of hydrogen-bond donors (Lipinski definition) is 1. The van der Waals surface area contributed by atoms with E-state index in [9.17, 15) is 10.1 Å². The molecule has 1 aromatic rings. The number of methoxy groups -OCH3 is 1. The molecule has 0 aliphatic heterocycles. The van der Waals surface area contributed by atoms with E-state index in [1.165, 1.54) is 7.11 Å². The molecule has 1 aromatic heterocycles. The number of rotatable bonds is 5. The second-order valence-corrected chi connectivity index (χ2v) is 2.51. The molecule has 0 bridgehead atoms. The molecule has 0 radical (unpaired) electrons. The Morgan fingerprint density at radius 3 is 2.87 bits per heavy atom. The second-order valence-electron chi connectivity index (χ2n) is 2.51. The molecule has 0 unspecified atom stereocenters. The van der Waals surface area contributed by atoms with Crippen LogP contribution in [0.5, 0.6) is 5.88 Å². The fourth-order valence-electron chi connectivity index (χ4n) is 0.874. The number of hydrogen-bond acceptors (Lipinski definition) is 7. The van der Waals surface area contributed by atoms with Gasteiger partial charge in [0.15, 0.2) is 0 Å². The van der Waals surface area contributed by atoms with Gasteiger partial charge in [0.1, 0.15) is 12.9 Å². The van der Waals surface area contributed by atoms with E-state index >= 15 is 0 Å². The Morgan fingerprint density at radius 1 is 1.53 bits per heavy atom. The molecule has 0 fully saturated rings. The smallest absolute Gasteiger partial charge is 0.372 e. The lowest BCUT2D eigenvalue weighted by atomic mass is 10.4. The van der Waals surface area contributed by atoms with Crippen LogP contribution in [0.2, 0.25) is 0 Å². The number of nitrogens with two attached hydrogens (primary N) is 1. The van der Waals surface area contributed by atoms with Crippen molar-refractivity contribution in [1.82, 2.24) is 9.97 Å². The van der Waals surface area contributed by atoms with Gasteiger partial charge in [-0.2, -0.15) is 4.98 Å². The van der Waals surface area contributed by atoms with Gasteiger partial charge in [-0.25, -0.2) is 4.98 Å². The van der Waals surface area contributed by atoms with Gasteiger partial charge in [-0.05, 0) is 0 Å². The summed E-state index contributed by atoms with van der Waals surface area (Å²) in [5.41, 5.74) is 4.90. The van der Waals surface area contributed by atoms with Crippen LogP contribution in [0.1, 0.15) is 0 Å². The minimum atomic E-state index is -0.683. The Balaban J connectivity index is 2.86. The van der Waals surface area contributed by atoms with Gasteiger partial charge in [-0.3, -0.25) is 10.1 Å². The first-order chi connectivity index (χ1) is 7.16. The summed E-state index contributed by atoms with van der Waals surface area (Å²) in [6, 6.07) is 0. The van der Waals surface area contributed by atoms with Crippen LogP contribution in [0, 0.1) is 10.1 Å². The maximum atomic E-state index is 10.6. The zero-order chi connectivity index (χ0) is 11.3. The molecule has 0 amide bonds. The van der Waals surface area contributed by atoms with E-state index in [-0.39, 0.29) is 18.3 Å². The van der Waals surface area contributed by atoms with Crippen LogP contribution in [0.3, 0.4) is 0 Å². The van der Waals surface area contributed by atoms with Crippen molar-refractivity contribution < 1.29 is 14.4 Å². The molecule has 0 atom stereocenters. The summed E-state index contributed by atoms with van der Waals surface area (Å²) in [4.78, 5) is 17.1. The van der Waals surface area contributed by atoms with Gasteiger partial charge < -0.3 is 15.2 Å². The van der Waals surface area contributed by atoms with E-state index in [2.05, 4.69) is 9.97 Å². The summed E-state index contributed by atoms with van der Waals surface area (Å²) >= 11 is 0. The van der Waals surface area contributed by atoms with Gasteiger partial charge in [0.05, 0.1) is 11.5 Å². The fourth-order valence-corrected chi connectivity index (χ4v) is 0.874. The van der Waals surface area contributed by atoms with E-state index in [0.717, 1.165) is 6.33 Å². The van der Waals surface area contributed by atoms with Crippen molar-refractivity contribution in [3.8, 4) is 5.88 Å². The number of anilines is 1. The van der Waals surface area contributed by atoms with Crippen LogP contribution in [-0.4, -0.2) is 35.2 Å². The van der Waals surface area contributed by atoms with Gasteiger partial charge in [0, 0.05) is 7.11 Å². The van der Waals surface area contributed by atoms with Crippen molar-refractivity contribution in [3.05, 3.63) is 16.4 Å². The molecule has 0 aliphatic carbocycles. The SMILES string of the molecule is COCCOc1ncnc(N)c1[N+](=O)[O-]. The zero-order valence-electron chi connectivity index (χ0n) is 8.04. The third kappa shape index (κ3) is 2.74. The monoisotopic (exact) mass is 214 g/mol. The van der Waals surface area contributed by atoms with E-state index < -0.39 is 10.6 Å². The summed E-state index contributed by atoms with van der Waals surface area (Å²) in [6.45, 7) is 0.467. The van der Waals surface area contributed by atoms with E-state index in [1.807, 2.05) is 0 Å². The summed E-state index contributed by atoms with van der Waals surface area (Å²) in [7, 11) is 1.49. The molecule has 15 heavy (non-hydrogen) atoms. The van der Waals surface area contributed by atoms with Crippen molar-refractivity contribution in [2.45, 2.75) is 0 Å². The summed E-state index contributed by atoms with van der Waals surface area (Å²) < 4.78 is 9.75. The predicted octanol–water partition coefficient (Wildman–Crippen LogP) is -0.00780. The van der Waals surface area contributed by atoms with Gasteiger partial charge >= 0.3 is 5.69 Å². The van der Waals surface area contributed by atoms with Crippen LogP contribution in [0.15, 0.2) is 6.33 Å². The molecular formula is C7H10N4O4. The van der Waals surface area contributed by atoms with Crippen molar-refractivity contribution in [3.63, 3.8) is 0 Å². The van der Waals surface area contributed by atoms with Crippen LogP contribution in [0.25, 0.3) is 0 Å². The summed E-state index contributed by atoms with van der Waals surface area (Å²) in [5.74, 6) is -0.369. The minimum absolute atomic E-state index is 0.149. The van der Waals surface area contributed by atoms with Crippen LogP contribution >= 0.6 is 0 Å². The standard InChI is InChI=1S/C7H10N4O4/c1-14-2-3-15-7-5(11(12)13)6(8)9-4-10-7/h4H,2-3H2,1H3,(H2,8,9,10). The van der Waals surface area contributed by atoms with E-state index in [1.54, 1.807) is 0 Å². The first-order valence-corrected chi connectivity index (χ1v) is 4.03. The molecule has 0 aliphatic rings. The minimum Gasteiger partial charge on any atom is -0.470 e. The number of nitro groups is 1. The maximum Gasteiger partial charge on any atom is 0.372 e. The molecule has 8 nitrogen and oxygen atoms in total. The van der Waals surface area contributed by atoms with Crippen LogP contribution in [0.4, 0.5) is 11.5 Å². The maximum absolute atomic E-state index is 10.6. The number of nitrogens with zero attached hydrogens (tertiary/aromatic N) is 3. The molecular weight excluding hydrogens is 204 g/mol. The zero-order valence-corrected chi connectivity index (χ0v) is 8.04. The summed E-state index contributed by atoms with van der Waals surface area (Å²) in [5, 5.41) is 10.6. The third-order valence-electron chi connectivity index (χ3n) is 1.53. The quantitative estimate of drug-likeness (QED) is 0.416. The normalized spacial score (nSPS) is 9.93. The lowest BCUT2D eigenvalue weighted by Crippen LogP contribution is -2.09. The highest BCUT2D eigenvalue weighted by Crippen LogP contribution is 2.28. The van der Waals surface area contributed by atoms with Crippen molar-refractivity contribution in [1.29, 1.82) is 0 Å². The predicted molar refractivity (Wildman–Crippen MR) is 50.5 cm³/mol. The topological polar surface area (TPSA) is 113 Å². The molecule has 82 valence electrons. The second kappa shape index (κ2) is 5.05. The molecule has 1 rings (SSSR count). The Morgan fingerprint density at radius 2 is 2.27 bits per heavy atom. The highest BCUT2D eigenvalue weighted by atomic mass is 16.6. The van der Waals surface area contributed by atoms with E-state index in [4.69, 9.17) is 15.2 Å². The average molecular weight is 214 g/mol. The first-order valence-electron chi connectivity index (χ1n) is 4.03. The highest BCUT2D eigenvalue weighted by Gasteiger charge is 2.22. The first kappa shape index (κ1) is 11.1. The highest BCUT2D eigenvalue weighted by molar-refractivity contribution is 5.57.